The number of hydrogen-bond donors (Lipinski definition) is 1. The Morgan fingerprint density at radius 1 is 1.00 bits per heavy atom. The Morgan fingerprint density at radius 2 is 1.72 bits per heavy atom. The third-order valence-corrected chi connectivity index (χ3v) is 6.27. The topological polar surface area (TPSA) is 66.8 Å². The monoisotopic (exact) mass is 497 g/mol. The largest absolute Gasteiger partial charge is 0.487 e. The Labute approximate surface area is 207 Å². The van der Waals surface area contributed by atoms with E-state index in [1.807, 2.05) is 25.1 Å². The van der Waals surface area contributed by atoms with Crippen molar-refractivity contribution in [3.63, 3.8) is 0 Å². The van der Waals surface area contributed by atoms with Crippen LogP contribution in [0.5, 0.6) is 5.75 Å². The van der Waals surface area contributed by atoms with Crippen molar-refractivity contribution in [2.75, 3.05) is 6.54 Å². The number of rotatable bonds is 9. The normalized spacial score (nSPS) is 16.3. The summed E-state index contributed by atoms with van der Waals surface area (Å²) in [7, 11) is 0. The molecular formula is C28H26F3NO4. The highest BCUT2D eigenvalue weighted by atomic mass is 19.2. The third-order valence-electron chi connectivity index (χ3n) is 6.27. The van der Waals surface area contributed by atoms with Crippen LogP contribution in [0.1, 0.15) is 35.6 Å². The zero-order valence-corrected chi connectivity index (χ0v) is 19.8. The van der Waals surface area contributed by atoms with Gasteiger partial charge in [0.1, 0.15) is 23.7 Å². The fraction of sp³-hybridized carbons (Fsp3) is 0.286. The van der Waals surface area contributed by atoms with Gasteiger partial charge in [0, 0.05) is 31.4 Å². The summed E-state index contributed by atoms with van der Waals surface area (Å²) in [5, 5.41) is 9.20. The van der Waals surface area contributed by atoms with Crippen LogP contribution in [0.4, 0.5) is 13.2 Å². The number of carboxylic acids is 1. The fourth-order valence-corrected chi connectivity index (χ4v) is 4.55. The first-order valence-corrected chi connectivity index (χ1v) is 11.6. The second-order valence-electron chi connectivity index (χ2n) is 9.30. The van der Waals surface area contributed by atoms with Crippen LogP contribution in [-0.2, 0) is 35.4 Å². The highest BCUT2D eigenvalue weighted by molar-refractivity contribution is 5.81. The summed E-state index contributed by atoms with van der Waals surface area (Å²) in [4.78, 5) is 25.1. The van der Waals surface area contributed by atoms with Gasteiger partial charge in [-0.1, -0.05) is 42.5 Å². The Kier molecular flexibility index (Phi) is 7.33. The second-order valence-corrected chi connectivity index (χ2v) is 9.30. The number of amides is 1. The first-order valence-electron chi connectivity index (χ1n) is 11.6. The molecule has 188 valence electrons. The van der Waals surface area contributed by atoms with Crippen molar-refractivity contribution in [3.05, 3.63) is 100 Å². The molecule has 1 N–H and O–H groups in total. The van der Waals surface area contributed by atoms with Crippen molar-refractivity contribution in [3.8, 4) is 5.75 Å². The van der Waals surface area contributed by atoms with Crippen LogP contribution in [-0.4, -0.2) is 34.0 Å². The molecule has 0 fully saturated rings. The van der Waals surface area contributed by atoms with E-state index in [2.05, 4.69) is 0 Å². The number of hydrogen-bond acceptors (Lipinski definition) is 3. The SMILES string of the molecule is C[C@]1(Cc2ccccc2F)Cc2cc(CCC(=O)N(CC(=O)O)Cc3cccc(F)c3F)ccc2O1. The first kappa shape index (κ1) is 25.3. The zero-order valence-electron chi connectivity index (χ0n) is 19.8. The second kappa shape index (κ2) is 10.4. The van der Waals surface area contributed by atoms with Gasteiger partial charge >= 0.3 is 5.97 Å². The maximum absolute atomic E-state index is 14.1. The predicted molar refractivity (Wildman–Crippen MR) is 127 cm³/mol. The average molecular weight is 498 g/mol. The van der Waals surface area contributed by atoms with Gasteiger partial charge in [-0.25, -0.2) is 13.2 Å². The van der Waals surface area contributed by atoms with Gasteiger partial charge in [0.2, 0.25) is 5.91 Å². The summed E-state index contributed by atoms with van der Waals surface area (Å²) >= 11 is 0. The molecule has 0 saturated carbocycles. The number of nitrogens with zero attached hydrogens (tertiary/aromatic N) is 1. The predicted octanol–water partition coefficient (Wildman–Crippen LogP) is 5.09. The smallest absolute Gasteiger partial charge is 0.323 e. The van der Waals surface area contributed by atoms with Gasteiger partial charge in [-0.2, -0.15) is 0 Å². The summed E-state index contributed by atoms with van der Waals surface area (Å²) in [6, 6.07) is 15.8. The van der Waals surface area contributed by atoms with Crippen LogP contribution in [0.25, 0.3) is 0 Å². The summed E-state index contributed by atoms with van der Waals surface area (Å²) in [6.07, 6.45) is 1.31. The van der Waals surface area contributed by atoms with Crippen LogP contribution in [0.3, 0.4) is 0 Å². The molecule has 0 spiro atoms. The van der Waals surface area contributed by atoms with Gasteiger partial charge in [0.05, 0.1) is 0 Å². The van der Waals surface area contributed by atoms with Crippen molar-refractivity contribution in [2.45, 2.75) is 44.8 Å². The number of carbonyl (C=O) groups is 2. The minimum Gasteiger partial charge on any atom is -0.487 e. The number of aryl methyl sites for hydroxylation is 1. The molecule has 1 heterocycles. The number of halogens is 3. The summed E-state index contributed by atoms with van der Waals surface area (Å²) in [6.45, 7) is 0.959. The minimum absolute atomic E-state index is 0.00362. The van der Waals surface area contributed by atoms with Crippen molar-refractivity contribution < 1.29 is 32.6 Å². The summed E-state index contributed by atoms with van der Waals surface area (Å²) in [5.74, 6) is -3.46. The number of benzene rings is 3. The molecule has 36 heavy (non-hydrogen) atoms. The van der Waals surface area contributed by atoms with Crippen LogP contribution in [0, 0.1) is 17.5 Å². The van der Waals surface area contributed by atoms with E-state index < -0.39 is 35.7 Å². The van der Waals surface area contributed by atoms with E-state index in [-0.39, 0.29) is 24.3 Å². The number of carbonyl (C=O) groups excluding carboxylic acids is 1. The molecule has 3 aromatic carbocycles. The fourth-order valence-electron chi connectivity index (χ4n) is 4.55. The van der Waals surface area contributed by atoms with Gasteiger partial charge in [-0.3, -0.25) is 9.59 Å². The molecule has 8 heteroatoms. The van der Waals surface area contributed by atoms with E-state index in [9.17, 15) is 27.9 Å². The van der Waals surface area contributed by atoms with Gasteiger partial charge in [0.15, 0.2) is 11.6 Å². The molecule has 0 saturated heterocycles. The van der Waals surface area contributed by atoms with E-state index in [1.54, 1.807) is 18.2 Å². The van der Waals surface area contributed by atoms with Crippen LogP contribution < -0.4 is 4.74 Å². The number of carboxylic acid groups (broad SMARTS) is 1. The lowest BCUT2D eigenvalue weighted by Crippen LogP contribution is -2.35. The van der Waals surface area contributed by atoms with Crippen LogP contribution >= 0.6 is 0 Å². The van der Waals surface area contributed by atoms with E-state index in [0.717, 1.165) is 22.1 Å². The first-order chi connectivity index (χ1) is 17.1. The molecule has 5 nitrogen and oxygen atoms in total. The minimum atomic E-state index is -1.25. The molecule has 1 aliphatic rings. The van der Waals surface area contributed by atoms with Crippen molar-refractivity contribution in [1.29, 1.82) is 0 Å². The van der Waals surface area contributed by atoms with Crippen molar-refractivity contribution in [2.24, 2.45) is 0 Å². The van der Waals surface area contributed by atoms with Gasteiger partial charge in [-0.15, -0.1) is 0 Å². The number of fused-ring (bicyclic) bond motifs is 1. The molecular weight excluding hydrogens is 471 g/mol. The molecule has 0 aromatic heterocycles. The lowest BCUT2D eigenvalue weighted by Gasteiger charge is -2.24. The molecule has 4 rings (SSSR count). The maximum atomic E-state index is 14.1. The van der Waals surface area contributed by atoms with Gasteiger partial charge < -0.3 is 14.7 Å². The Balaban J connectivity index is 1.41. The average Bonchev–Trinajstić information content (AvgIpc) is 3.16. The summed E-state index contributed by atoms with van der Waals surface area (Å²) < 4.78 is 47.9. The zero-order chi connectivity index (χ0) is 25.9. The Hall–Kier alpha value is -3.81. The molecule has 3 aromatic rings. The van der Waals surface area contributed by atoms with E-state index >= 15 is 0 Å². The molecule has 0 bridgehead atoms. The lowest BCUT2D eigenvalue weighted by atomic mass is 9.91. The van der Waals surface area contributed by atoms with Gasteiger partial charge in [-0.05, 0) is 48.2 Å². The molecule has 0 unspecified atom stereocenters. The summed E-state index contributed by atoms with van der Waals surface area (Å²) in [5.41, 5.74) is 1.68. The molecule has 0 radical (unpaired) electrons. The molecule has 1 amide bonds. The van der Waals surface area contributed by atoms with Crippen LogP contribution in [0.15, 0.2) is 60.7 Å². The van der Waals surface area contributed by atoms with Crippen molar-refractivity contribution in [1.82, 2.24) is 4.90 Å². The van der Waals surface area contributed by atoms with E-state index in [1.165, 1.54) is 18.2 Å². The maximum Gasteiger partial charge on any atom is 0.323 e. The van der Waals surface area contributed by atoms with E-state index in [0.29, 0.717) is 30.6 Å². The number of aliphatic carboxylic acids is 1. The Bertz CT molecular complexity index is 1300. The molecule has 1 atom stereocenters. The van der Waals surface area contributed by atoms with Gasteiger partial charge in [0.25, 0.3) is 0 Å². The third kappa shape index (κ3) is 5.87. The highest BCUT2D eigenvalue weighted by Gasteiger charge is 2.35. The molecule has 1 aliphatic heterocycles. The highest BCUT2D eigenvalue weighted by Crippen LogP contribution is 2.38. The molecule has 0 aliphatic carbocycles. The standard InChI is InChI=1S/C28H26F3NO4/c1-28(14-19-5-2-3-7-22(19)29)15-21-13-18(9-11-24(21)36-28)10-12-25(33)32(17-26(34)35)16-20-6-4-8-23(30)27(20)31/h2-9,11,13H,10,12,14-17H2,1H3,(H,34,35)/t28-/m0/s1. The van der Waals surface area contributed by atoms with Crippen LogP contribution in [0.2, 0.25) is 0 Å². The number of ether oxygens (including phenoxy) is 1. The lowest BCUT2D eigenvalue weighted by molar-refractivity contribution is -0.144. The Morgan fingerprint density at radius 3 is 2.47 bits per heavy atom. The quantitative estimate of drug-likeness (QED) is 0.448. The van der Waals surface area contributed by atoms with E-state index in [4.69, 9.17) is 4.74 Å². The van der Waals surface area contributed by atoms with Crippen molar-refractivity contribution >= 4 is 11.9 Å².